The van der Waals surface area contributed by atoms with Crippen LogP contribution < -0.4 is 43.8 Å². The molecule has 1 aromatic carbocycles. The van der Waals surface area contributed by atoms with Gasteiger partial charge in [-0.05, 0) is 69.2 Å². The second-order valence-corrected chi connectivity index (χ2v) is 11.9. The second kappa shape index (κ2) is 21.2. The number of carboxylic acid groups (broad SMARTS) is 1. The molecule has 0 bridgehead atoms. The van der Waals surface area contributed by atoms with Crippen LogP contribution in [0.4, 0.5) is 0 Å². The molecule has 0 aliphatic rings. The Kier molecular flexibility index (Phi) is 18.2. The summed E-state index contributed by atoms with van der Waals surface area (Å²) in [7, 11) is 0. The molecule has 0 aromatic heterocycles. The summed E-state index contributed by atoms with van der Waals surface area (Å²) in [6.07, 6.45) is 0.850. The number of aromatic hydroxyl groups is 1. The average molecular weight is 679 g/mol. The first-order chi connectivity index (χ1) is 22.5. The highest BCUT2D eigenvalue weighted by atomic mass is 16.4. The first kappa shape index (κ1) is 41.3. The number of rotatable bonds is 22. The predicted octanol–water partition coefficient (Wildman–Crippen LogP) is -2.14. The highest BCUT2D eigenvalue weighted by Crippen LogP contribution is 2.12. The van der Waals surface area contributed by atoms with E-state index in [2.05, 4.69) is 26.6 Å². The van der Waals surface area contributed by atoms with Crippen LogP contribution in [0.1, 0.15) is 64.9 Å². The molecule has 0 fully saturated rings. The van der Waals surface area contributed by atoms with Crippen molar-refractivity contribution in [3.05, 3.63) is 29.8 Å². The van der Waals surface area contributed by atoms with Gasteiger partial charge >= 0.3 is 5.97 Å². The lowest BCUT2D eigenvalue weighted by Crippen LogP contribution is -2.58. The molecule has 48 heavy (non-hydrogen) atoms. The maximum atomic E-state index is 13.5. The molecule has 17 nitrogen and oxygen atoms in total. The Morgan fingerprint density at radius 2 is 1.38 bits per heavy atom. The summed E-state index contributed by atoms with van der Waals surface area (Å²) in [4.78, 5) is 87.7. The minimum Gasteiger partial charge on any atom is -0.508 e. The first-order valence-corrected chi connectivity index (χ1v) is 15.8. The maximum Gasteiger partial charge on any atom is 0.326 e. The summed E-state index contributed by atoms with van der Waals surface area (Å²) in [5.41, 5.74) is 17.1. The van der Waals surface area contributed by atoms with Gasteiger partial charge in [0.25, 0.3) is 0 Å². The quantitative estimate of drug-likeness (QED) is 0.0590. The Morgan fingerprint density at radius 3 is 1.94 bits per heavy atom. The topological polar surface area (TPSA) is 298 Å². The van der Waals surface area contributed by atoms with Crippen molar-refractivity contribution in [1.29, 1.82) is 0 Å². The van der Waals surface area contributed by atoms with E-state index in [1.165, 1.54) is 31.2 Å². The van der Waals surface area contributed by atoms with E-state index in [0.717, 1.165) is 0 Å². The van der Waals surface area contributed by atoms with Crippen molar-refractivity contribution in [2.45, 2.75) is 95.9 Å². The Bertz CT molecular complexity index is 1260. The number of benzene rings is 1. The van der Waals surface area contributed by atoms with Crippen LogP contribution in [-0.2, 0) is 40.0 Å². The van der Waals surface area contributed by atoms with Gasteiger partial charge in [0, 0.05) is 12.8 Å². The van der Waals surface area contributed by atoms with Crippen molar-refractivity contribution in [2.75, 3.05) is 13.1 Å². The minimum atomic E-state index is -1.40. The van der Waals surface area contributed by atoms with Gasteiger partial charge in [-0.2, -0.15) is 0 Å². The molecule has 1 rings (SSSR count). The Labute approximate surface area is 279 Å². The number of amides is 6. The number of carboxylic acids is 1. The van der Waals surface area contributed by atoms with Crippen molar-refractivity contribution in [3.63, 3.8) is 0 Å². The lowest BCUT2D eigenvalue weighted by atomic mass is 10.0. The van der Waals surface area contributed by atoms with Gasteiger partial charge in [-0.15, -0.1) is 0 Å². The molecular formula is C31H50N8O9. The third-order valence-electron chi connectivity index (χ3n) is 7.14. The largest absolute Gasteiger partial charge is 0.508 e. The number of unbranched alkanes of at least 4 members (excludes halogenated alkanes) is 1. The lowest BCUT2D eigenvalue weighted by molar-refractivity contribution is -0.142. The van der Waals surface area contributed by atoms with Gasteiger partial charge in [0.05, 0.1) is 12.6 Å². The number of nitrogens with one attached hydrogen (secondary N) is 5. The summed E-state index contributed by atoms with van der Waals surface area (Å²) in [5, 5.41) is 31.3. The summed E-state index contributed by atoms with van der Waals surface area (Å²) in [5.74, 6) is -5.71. The number of phenols is 1. The average Bonchev–Trinajstić information content (AvgIpc) is 3.01. The zero-order valence-electron chi connectivity index (χ0n) is 27.6. The fraction of sp³-hybridized carbons (Fsp3) is 0.581. The summed E-state index contributed by atoms with van der Waals surface area (Å²) < 4.78 is 0. The molecule has 0 aliphatic carbocycles. The van der Waals surface area contributed by atoms with E-state index in [-0.39, 0.29) is 37.4 Å². The van der Waals surface area contributed by atoms with Gasteiger partial charge in [0.2, 0.25) is 35.4 Å². The number of carbonyl (C=O) groups excluding carboxylic acids is 6. The summed E-state index contributed by atoms with van der Waals surface area (Å²) >= 11 is 0. The van der Waals surface area contributed by atoms with Gasteiger partial charge in [-0.25, -0.2) is 4.79 Å². The van der Waals surface area contributed by atoms with E-state index >= 15 is 0 Å². The van der Waals surface area contributed by atoms with E-state index in [4.69, 9.17) is 17.2 Å². The van der Waals surface area contributed by atoms with E-state index in [9.17, 15) is 43.8 Å². The maximum absolute atomic E-state index is 13.5. The summed E-state index contributed by atoms with van der Waals surface area (Å²) in [6, 6.07) is -0.177. The summed E-state index contributed by atoms with van der Waals surface area (Å²) in [6.45, 7) is 4.95. The standard InChI is InChI=1S/C31H50N8O9/c1-17(2)14-21(33)28(44)35-16-26(42)37-24(15-19-7-9-20(40)10-8-19)30(46)38-22(11-12-25(34)41)29(45)36-18(3)27(43)39-23(31(47)48)6-4-5-13-32/h7-10,17-18,21-24,40H,4-6,11-16,32-33H2,1-3H3,(H2,34,41)(H,35,44)(H,36,45)(H,37,42)(H,38,46)(H,39,43)(H,47,48)/t18-,21-,22-,23-,24-/m0/s1. The Morgan fingerprint density at radius 1 is 0.771 bits per heavy atom. The normalized spacial score (nSPS) is 14.0. The Hall–Kier alpha value is -4.77. The van der Waals surface area contributed by atoms with Crippen LogP contribution in [0.25, 0.3) is 0 Å². The molecule has 1 aromatic rings. The lowest BCUT2D eigenvalue weighted by Gasteiger charge is -2.25. The smallest absolute Gasteiger partial charge is 0.326 e. The van der Waals surface area contributed by atoms with E-state index in [1.807, 2.05) is 13.8 Å². The fourth-order valence-electron chi connectivity index (χ4n) is 4.49. The number of hydrogen-bond acceptors (Lipinski definition) is 10. The second-order valence-electron chi connectivity index (χ2n) is 11.9. The molecule has 17 heteroatoms. The number of hydrogen-bond donors (Lipinski definition) is 10. The molecule has 0 aliphatic heterocycles. The zero-order valence-corrected chi connectivity index (χ0v) is 27.6. The fourth-order valence-corrected chi connectivity index (χ4v) is 4.49. The van der Waals surface area contributed by atoms with E-state index in [1.54, 1.807) is 0 Å². The third-order valence-corrected chi connectivity index (χ3v) is 7.14. The van der Waals surface area contributed by atoms with Crippen LogP contribution in [-0.4, -0.2) is 94.9 Å². The van der Waals surface area contributed by atoms with Crippen LogP contribution in [0.15, 0.2) is 24.3 Å². The van der Waals surface area contributed by atoms with Crippen LogP contribution in [0, 0.1) is 5.92 Å². The van der Waals surface area contributed by atoms with Gasteiger partial charge < -0.3 is 54.0 Å². The van der Waals surface area contributed by atoms with Crippen LogP contribution in [0.2, 0.25) is 0 Å². The van der Waals surface area contributed by atoms with Crippen molar-refractivity contribution in [1.82, 2.24) is 26.6 Å². The number of carbonyl (C=O) groups is 7. The molecule has 0 heterocycles. The molecule has 6 amide bonds. The van der Waals surface area contributed by atoms with Gasteiger partial charge in [-0.1, -0.05) is 26.0 Å². The van der Waals surface area contributed by atoms with Crippen LogP contribution >= 0.6 is 0 Å². The van der Waals surface area contributed by atoms with Gasteiger partial charge in [0.1, 0.15) is 29.9 Å². The van der Waals surface area contributed by atoms with Crippen LogP contribution in [0.5, 0.6) is 5.75 Å². The van der Waals surface area contributed by atoms with Gasteiger partial charge in [-0.3, -0.25) is 28.8 Å². The molecule has 0 unspecified atom stereocenters. The highest BCUT2D eigenvalue weighted by molar-refractivity contribution is 5.95. The van der Waals surface area contributed by atoms with Gasteiger partial charge in [0.15, 0.2) is 0 Å². The number of aliphatic carboxylic acids is 1. The third kappa shape index (κ3) is 16.2. The monoisotopic (exact) mass is 678 g/mol. The predicted molar refractivity (Wildman–Crippen MR) is 175 cm³/mol. The minimum absolute atomic E-state index is 0.0317. The number of nitrogens with two attached hydrogens (primary N) is 3. The van der Waals surface area contributed by atoms with Crippen molar-refractivity contribution >= 4 is 41.4 Å². The molecule has 0 radical (unpaired) electrons. The van der Waals surface area contributed by atoms with Crippen molar-refractivity contribution in [2.24, 2.45) is 23.1 Å². The molecule has 0 spiro atoms. The Balaban J connectivity index is 3.09. The molecular weight excluding hydrogens is 628 g/mol. The van der Waals surface area contributed by atoms with Crippen molar-refractivity contribution in [3.8, 4) is 5.75 Å². The molecule has 268 valence electrons. The number of phenolic OH excluding ortho intramolecular Hbond substituents is 1. The SMILES string of the molecule is CC(C)C[C@H](N)C(=O)NCC(=O)N[C@@H](Cc1ccc(O)cc1)C(=O)N[C@@H](CCC(N)=O)C(=O)N[C@@H](C)C(=O)N[C@@H](CCCCN)C(=O)O. The van der Waals surface area contributed by atoms with Crippen LogP contribution in [0.3, 0.4) is 0 Å². The molecule has 13 N–H and O–H groups in total. The molecule has 5 atom stereocenters. The zero-order chi connectivity index (χ0) is 36.4. The first-order valence-electron chi connectivity index (χ1n) is 15.8. The molecule has 0 saturated heterocycles. The van der Waals surface area contributed by atoms with E-state index in [0.29, 0.717) is 31.4 Å². The van der Waals surface area contributed by atoms with Crippen molar-refractivity contribution < 1.29 is 43.8 Å². The highest BCUT2D eigenvalue weighted by Gasteiger charge is 2.30. The number of primary amides is 1. The molecule has 0 saturated carbocycles. The van der Waals surface area contributed by atoms with E-state index < -0.39 is 78.2 Å².